The van der Waals surface area contributed by atoms with Gasteiger partial charge in [-0.3, -0.25) is 54.8 Å². The van der Waals surface area contributed by atoms with Crippen molar-refractivity contribution in [3.63, 3.8) is 0 Å². The third kappa shape index (κ3) is 18.7. The van der Waals surface area contributed by atoms with Crippen molar-refractivity contribution in [1.29, 1.82) is 0 Å². The molecule has 0 spiro atoms. The van der Waals surface area contributed by atoms with E-state index < -0.39 is 0 Å². The van der Waals surface area contributed by atoms with Crippen LogP contribution in [0.2, 0.25) is 0 Å². The fraction of sp³-hybridized carbons (Fsp3) is 0.0896. The number of aryl methyl sites for hydroxylation is 6. The minimum atomic E-state index is 0.919. The van der Waals surface area contributed by atoms with Gasteiger partial charge in [-0.05, 0) is 160 Å². The molecule has 78 heavy (non-hydrogen) atoms. The van der Waals surface area contributed by atoms with Crippen molar-refractivity contribution in [3.8, 4) is 67.4 Å². The van der Waals surface area contributed by atoms with Gasteiger partial charge in [-0.1, -0.05) is 78.9 Å². The number of aromatic nitrogens is 11. The third-order valence-electron chi connectivity index (χ3n) is 11.4. The molecule has 0 fully saturated rings. The van der Waals surface area contributed by atoms with Crippen molar-refractivity contribution < 1.29 is 0 Å². The number of benzene rings is 1. The molecule has 0 atom stereocenters. The summed E-state index contributed by atoms with van der Waals surface area (Å²) in [7, 11) is 0. The van der Waals surface area contributed by atoms with Crippen molar-refractivity contribution in [2.24, 2.45) is 0 Å². The molecular formula is C67H61N11. The Labute approximate surface area is 458 Å². The molecule has 12 aromatic rings. The quantitative estimate of drug-likeness (QED) is 0.157. The summed E-state index contributed by atoms with van der Waals surface area (Å²) in [6.07, 6.45) is 27.3. The molecule has 0 N–H and O–H groups in total. The van der Waals surface area contributed by atoms with Gasteiger partial charge < -0.3 is 0 Å². The summed E-state index contributed by atoms with van der Waals surface area (Å²) in [5.41, 5.74) is 19.5. The Morgan fingerprint density at radius 1 is 0.192 bits per heavy atom. The standard InChI is InChI=1S/C12H11N.5C11H10N2/c1-10-7-8-12(13-9-10)11-5-3-2-4-6-11;1-9-2-3-11(8-13-9)10-4-6-12-7-5-10;1-9-2-3-11(13-8-9)10-4-6-12-7-5-10;1-9-4-5-11(8-13-9)10-3-2-6-12-7-10;1-9-4-5-11(13-7-9)10-3-2-6-12-8-10;1-9-5-6-11(13-8-9)10-4-2-3-7-12-10/h2-9H,1H3;5*2-8H,1H3. The summed E-state index contributed by atoms with van der Waals surface area (Å²) in [5, 5.41) is 0. The number of hydrogen-bond donors (Lipinski definition) is 0. The zero-order chi connectivity index (χ0) is 54.6. The van der Waals surface area contributed by atoms with E-state index in [4.69, 9.17) is 0 Å². The summed E-state index contributed by atoms with van der Waals surface area (Å²) < 4.78 is 0. The van der Waals surface area contributed by atoms with Gasteiger partial charge in [-0.2, -0.15) is 0 Å². The average molecular weight is 1020 g/mol. The highest BCUT2D eigenvalue weighted by Crippen LogP contribution is 2.20. The third-order valence-corrected chi connectivity index (χ3v) is 11.4. The maximum absolute atomic E-state index is 4.35. The molecule has 0 bridgehead atoms. The van der Waals surface area contributed by atoms with Crippen LogP contribution >= 0.6 is 0 Å². The van der Waals surface area contributed by atoms with E-state index in [0.29, 0.717) is 0 Å². The Kier molecular flexibility index (Phi) is 21.6. The summed E-state index contributed by atoms with van der Waals surface area (Å²) >= 11 is 0. The van der Waals surface area contributed by atoms with E-state index in [1.54, 1.807) is 43.4 Å². The lowest BCUT2D eigenvalue weighted by atomic mass is 10.1. The first-order chi connectivity index (χ1) is 38.2. The van der Waals surface area contributed by atoms with Gasteiger partial charge in [0.05, 0.1) is 28.5 Å². The van der Waals surface area contributed by atoms with Crippen molar-refractivity contribution in [3.05, 3.63) is 296 Å². The van der Waals surface area contributed by atoms with Crippen LogP contribution in [0, 0.1) is 41.5 Å². The lowest BCUT2D eigenvalue weighted by molar-refractivity contribution is 1.20. The van der Waals surface area contributed by atoms with Crippen LogP contribution in [-0.2, 0) is 0 Å². The van der Waals surface area contributed by atoms with Gasteiger partial charge in [0.1, 0.15) is 0 Å². The molecule has 0 aliphatic carbocycles. The van der Waals surface area contributed by atoms with E-state index in [1.165, 1.54) is 27.8 Å². The van der Waals surface area contributed by atoms with Crippen LogP contribution in [0.15, 0.2) is 263 Å². The van der Waals surface area contributed by atoms with Gasteiger partial charge in [0, 0.05) is 138 Å². The Morgan fingerprint density at radius 3 is 0.987 bits per heavy atom. The molecule has 0 amide bonds. The van der Waals surface area contributed by atoms with Crippen LogP contribution in [-0.4, -0.2) is 54.8 Å². The average Bonchev–Trinajstić information content (AvgIpc) is 3.51. The lowest BCUT2D eigenvalue weighted by Crippen LogP contribution is -1.85. The minimum Gasteiger partial charge on any atom is -0.265 e. The van der Waals surface area contributed by atoms with Gasteiger partial charge in [0.2, 0.25) is 0 Å². The molecule has 384 valence electrons. The molecule has 0 saturated heterocycles. The molecule has 0 unspecified atom stereocenters. The van der Waals surface area contributed by atoms with E-state index in [2.05, 4.69) is 97.3 Å². The van der Waals surface area contributed by atoms with Crippen molar-refractivity contribution in [2.45, 2.75) is 41.5 Å². The highest BCUT2D eigenvalue weighted by molar-refractivity contribution is 5.63. The smallest absolute Gasteiger partial charge is 0.0886 e. The highest BCUT2D eigenvalue weighted by atomic mass is 14.8. The molecule has 11 heterocycles. The molecule has 0 radical (unpaired) electrons. The largest absolute Gasteiger partial charge is 0.265 e. The zero-order valence-electron chi connectivity index (χ0n) is 44.7. The van der Waals surface area contributed by atoms with E-state index >= 15 is 0 Å². The van der Waals surface area contributed by atoms with Crippen LogP contribution in [0.4, 0.5) is 0 Å². The summed E-state index contributed by atoms with van der Waals surface area (Å²) in [5.74, 6) is 0. The maximum atomic E-state index is 4.35. The second-order valence-corrected chi connectivity index (χ2v) is 17.8. The number of rotatable bonds is 6. The summed E-state index contributed by atoms with van der Waals surface area (Å²) in [6, 6.07) is 56.2. The number of hydrogen-bond acceptors (Lipinski definition) is 11. The molecule has 0 aliphatic heterocycles. The second-order valence-electron chi connectivity index (χ2n) is 17.8. The van der Waals surface area contributed by atoms with Crippen LogP contribution < -0.4 is 0 Å². The minimum absolute atomic E-state index is 0.919. The Hall–Kier alpha value is -10.1. The van der Waals surface area contributed by atoms with Crippen LogP contribution in [0.3, 0.4) is 0 Å². The first-order valence-corrected chi connectivity index (χ1v) is 25.3. The monoisotopic (exact) mass is 1020 g/mol. The van der Waals surface area contributed by atoms with Crippen molar-refractivity contribution >= 4 is 0 Å². The second kappa shape index (κ2) is 30.3. The molecule has 11 heteroatoms. The van der Waals surface area contributed by atoms with Gasteiger partial charge in [-0.25, -0.2) is 0 Å². The number of nitrogens with zero attached hydrogens (tertiary/aromatic N) is 11. The SMILES string of the molecule is Cc1ccc(-c2ccccc2)nc1.Cc1ccc(-c2ccccn2)nc1.Cc1ccc(-c2cccnc2)cn1.Cc1ccc(-c2cccnc2)nc1.Cc1ccc(-c2ccncc2)cn1.Cc1ccc(-c2ccncc2)nc1. The molecular weight excluding hydrogens is 959 g/mol. The van der Waals surface area contributed by atoms with Gasteiger partial charge >= 0.3 is 0 Å². The zero-order valence-corrected chi connectivity index (χ0v) is 44.7. The normalized spacial score (nSPS) is 9.92. The Morgan fingerprint density at radius 2 is 0.577 bits per heavy atom. The van der Waals surface area contributed by atoms with Gasteiger partial charge in [-0.15, -0.1) is 0 Å². The predicted octanol–water partition coefficient (Wildman–Crippen LogP) is 15.3. The molecule has 11 nitrogen and oxygen atoms in total. The molecule has 0 aliphatic rings. The van der Waals surface area contributed by atoms with Crippen molar-refractivity contribution in [1.82, 2.24) is 54.8 Å². The first-order valence-electron chi connectivity index (χ1n) is 25.3. The fourth-order valence-corrected chi connectivity index (χ4v) is 7.05. The van der Waals surface area contributed by atoms with Crippen LogP contribution in [0.25, 0.3) is 67.4 Å². The van der Waals surface area contributed by atoms with E-state index in [1.807, 2.05) is 219 Å². The van der Waals surface area contributed by atoms with E-state index in [0.717, 1.165) is 73.2 Å². The highest BCUT2D eigenvalue weighted by Gasteiger charge is 2.01. The molecule has 11 aromatic heterocycles. The molecule has 0 saturated carbocycles. The Balaban J connectivity index is 0.000000136. The summed E-state index contributed by atoms with van der Waals surface area (Å²) in [4.78, 5) is 46.0. The maximum Gasteiger partial charge on any atom is 0.0886 e. The predicted molar refractivity (Wildman–Crippen MR) is 315 cm³/mol. The lowest BCUT2D eigenvalue weighted by Gasteiger charge is -1.99. The van der Waals surface area contributed by atoms with Crippen LogP contribution in [0.1, 0.15) is 33.6 Å². The van der Waals surface area contributed by atoms with Crippen LogP contribution in [0.5, 0.6) is 0 Å². The molecule has 1 aromatic carbocycles. The van der Waals surface area contributed by atoms with E-state index in [9.17, 15) is 0 Å². The molecule has 12 rings (SSSR count). The van der Waals surface area contributed by atoms with Crippen molar-refractivity contribution in [2.75, 3.05) is 0 Å². The topological polar surface area (TPSA) is 142 Å². The van der Waals surface area contributed by atoms with Gasteiger partial charge in [0.15, 0.2) is 0 Å². The Bertz CT molecular complexity index is 2900. The summed E-state index contributed by atoms with van der Waals surface area (Å²) in [6.45, 7) is 12.1. The fourth-order valence-electron chi connectivity index (χ4n) is 7.05. The number of pyridine rings is 11. The first kappa shape index (κ1) is 55.6. The van der Waals surface area contributed by atoms with E-state index in [-0.39, 0.29) is 0 Å². The van der Waals surface area contributed by atoms with Gasteiger partial charge in [0.25, 0.3) is 0 Å².